The summed E-state index contributed by atoms with van der Waals surface area (Å²) in [6, 6.07) is 22.5. The highest BCUT2D eigenvalue weighted by Gasteiger charge is 2.16. The molecule has 0 aliphatic rings. The lowest BCUT2D eigenvalue weighted by molar-refractivity contribution is 0.102. The highest BCUT2D eigenvalue weighted by atomic mass is 32.2. The van der Waals surface area contributed by atoms with Crippen LogP contribution in [0.15, 0.2) is 100 Å². The summed E-state index contributed by atoms with van der Waals surface area (Å²) in [5.74, 6) is -0.399. The molecule has 0 radical (unpaired) electrons. The zero-order valence-corrected chi connectivity index (χ0v) is 19.3. The van der Waals surface area contributed by atoms with Crippen LogP contribution in [0.3, 0.4) is 0 Å². The van der Waals surface area contributed by atoms with Crippen molar-refractivity contribution >= 4 is 33.4 Å². The highest BCUT2D eigenvalue weighted by Crippen LogP contribution is 2.26. The average Bonchev–Trinajstić information content (AvgIpc) is 3.24. The van der Waals surface area contributed by atoms with Gasteiger partial charge in [0, 0.05) is 29.7 Å². The number of rotatable bonds is 8. The van der Waals surface area contributed by atoms with E-state index in [1.54, 1.807) is 30.6 Å². The third-order valence-electron chi connectivity index (χ3n) is 4.71. The van der Waals surface area contributed by atoms with Crippen LogP contribution in [0.1, 0.15) is 15.9 Å². The second-order valence-electron chi connectivity index (χ2n) is 7.14. The molecule has 1 aromatic heterocycles. The van der Waals surface area contributed by atoms with Gasteiger partial charge in [-0.15, -0.1) is 10.2 Å². The number of hydrogen-bond acceptors (Lipinski definition) is 6. The molecule has 0 saturated heterocycles. The molecule has 1 heterocycles. The van der Waals surface area contributed by atoms with Crippen LogP contribution in [0.4, 0.5) is 5.69 Å². The zero-order valence-electron chi connectivity index (χ0n) is 17.7. The molecular formula is C23H21N5O3S2. The monoisotopic (exact) mass is 479 g/mol. The largest absolute Gasteiger partial charge is 0.322 e. The molecule has 10 heteroatoms. The van der Waals surface area contributed by atoms with Crippen molar-refractivity contribution in [1.29, 1.82) is 0 Å². The Morgan fingerprint density at radius 3 is 2.45 bits per heavy atom. The van der Waals surface area contributed by atoms with Gasteiger partial charge in [0.15, 0.2) is 5.16 Å². The van der Waals surface area contributed by atoms with E-state index in [-0.39, 0.29) is 17.0 Å². The molecule has 0 saturated carbocycles. The number of nitrogens with one attached hydrogen (secondary N) is 2. The number of amides is 1. The van der Waals surface area contributed by atoms with Crippen LogP contribution in [0.25, 0.3) is 0 Å². The Bertz CT molecular complexity index is 1350. The topological polar surface area (TPSA) is 106 Å². The SMILES string of the molecule is Cn1cnnc1Sc1ccc(NC(=O)c2cccc(S(=O)(=O)NCc3ccccc3)c2)cc1. The van der Waals surface area contributed by atoms with Gasteiger partial charge in [-0.1, -0.05) is 36.4 Å². The van der Waals surface area contributed by atoms with E-state index in [1.165, 1.54) is 23.9 Å². The van der Waals surface area contributed by atoms with E-state index in [9.17, 15) is 13.2 Å². The molecule has 0 unspecified atom stereocenters. The maximum Gasteiger partial charge on any atom is 0.255 e. The van der Waals surface area contributed by atoms with Crippen LogP contribution in [0.2, 0.25) is 0 Å². The Balaban J connectivity index is 1.41. The van der Waals surface area contributed by atoms with Crippen LogP contribution in [-0.2, 0) is 23.6 Å². The lowest BCUT2D eigenvalue weighted by Crippen LogP contribution is -2.23. The number of anilines is 1. The number of aryl methyl sites for hydroxylation is 1. The normalized spacial score (nSPS) is 11.3. The lowest BCUT2D eigenvalue weighted by atomic mass is 10.2. The fourth-order valence-corrected chi connectivity index (χ4v) is 4.77. The molecule has 0 spiro atoms. The van der Waals surface area contributed by atoms with Crippen molar-refractivity contribution in [3.63, 3.8) is 0 Å². The van der Waals surface area contributed by atoms with Gasteiger partial charge in [0.1, 0.15) is 6.33 Å². The van der Waals surface area contributed by atoms with E-state index >= 15 is 0 Å². The molecule has 8 nitrogen and oxygen atoms in total. The van der Waals surface area contributed by atoms with Crippen LogP contribution in [-0.4, -0.2) is 29.1 Å². The van der Waals surface area contributed by atoms with Gasteiger partial charge in [-0.3, -0.25) is 4.79 Å². The number of benzene rings is 3. The summed E-state index contributed by atoms with van der Waals surface area (Å²) in [5, 5.41) is 11.4. The van der Waals surface area contributed by atoms with Gasteiger partial charge >= 0.3 is 0 Å². The second-order valence-corrected chi connectivity index (χ2v) is 9.95. The molecule has 4 rings (SSSR count). The van der Waals surface area contributed by atoms with Crippen molar-refractivity contribution in [2.45, 2.75) is 21.5 Å². The van der Waals surface area contributed by atoms with Crippen molar-refractivity contribution in [3.8, 4) is 0 Å². The van der Waals surface area contributed by atoms with Gasteiger partial charge in [0.2, 0.25) is 10.0 Å². The predicted octanol–water partition coefficient (Wildman–Crippen LogP) is 3.70. The standard InChI is InChI=1S/C23H21N5O3S2/c1-28-16-24-27-23(28)32-20-12-10-19(11-13-20)26-22(29)18-8-5-9-21(14-18)33(30,31)25-15-17-6-3-2-4-7-17/h2-14,16,25H,15H2,1H3,(H,26,29). The molecule has 168 valence electrons. The molecule has 0 fully saturated rings. The summed E-state index contributed by atoms with van der Waals surface area (Å²) < 4.78 is 29.7. The summed E-state index contributed by atoms with van der Waals surface area (Å²) in [7, 11) is -1.90. The first-order valence-electron chi connectivity index (χ1n) is 9.98. The fourth-order valence-electron chi connectivity index (χ4n) is 2.94. The Labute approximate surface area is 196 Å². The average molecular weight is 480 g/mol. The molecule has 1 amide bonds. The second kappa shape index (κ2) is 9.99. The minimum atomic E-state index is -3.77. The molecule has 0 atom stereocenters. The molecule has 33 heavy (non-hydrogen) atoms. The Kier molecular flexibility index (Phi) is 6.87. The van der Waals surface area contributed by atoms with Gasteiger partial charge in [0.05, 0.1) is 4.90 Å². The van der Waals surface area contributed by atoms with Crippen LogP contribution < -0.4 is 10.0 Å². The van der Waals surface area contributed by atoms with Crippen molar-refractivity contribution in [1.82, 2.24) is 19.5 Å². The van der Waals surface area contributed by atoms with Gasteiger partial charge in [-0.05, 0) is 59.8 Å². The Hall–Kier alpha value is -3.47. The quantitative estimate of drug-likeness (QED) is 0.399. The van der Waals surface area contributed by atoms with E-state index in [0.717, 1.165) is 15.6 Å². The molecule has 4 aromatic rings. The van der Waals surface area contributed by atoms with E-state index in [0.29, 0.717) is 5.69 Å². The van der Waals surface area contributed by atoms with Crippen molar-refractivity contribution in [3.05, 3.63) is 96.3 Å². The lowest BCUT2D eigenvalue weighted by Gasteiger charge is -2.10. The van der Waals surface area contributed by atoms with Crippen LogP contribution in [0, 0.1) is 0 Å². The van der Waals surface area contributed by atoms with Crippen molar-refractivity contribution in [2.24, 2.45) is 7.05 Å². The maximum absolute atomic E-state index is 12.7. The molecule has 0 aliphatic carbocycles. The van der Waals surface area contributed by atoms with Gasteiger partial charge in [-0.25, -0.2) is 13.1 Å². The van der Waals surface area contributed by atoms with Gasteiger partial charge < -0.3 is 9.88 Å². The van der Waals surface area contributed by atoms with Crippen LogP contribution in [0.5, 0.6) is 0 Å². The number of aromatic nitrogens is 3. The zero-order chi connectivity index (χ0) is 23.3. The highest BCUT2D eigenvalue weighted by molar-refractivity contribution is 7.99. The number of sulfonamides is 1. The van der Waals surface area contributed by atoms with E-state index in [4.69, 9.17) is 0 Å². The minimum Gasteiger partial charge on any atom is -0.322 e. The summed E-state index contributed by atoms with van der Waals surface area (Å²) in [4.78, 5) is 13.7. The smallest absolute Gasteiger partial charge is 0.255 e. The number of carbonyl (C=O) groups is 1. The predicted molar refractivity (Wildman–Crippen MR) is 126 cm³/mol. The summed E-state index contributed by atoms with van der Waals surface area (Å²) in [6.07, 6.45) is 1.63. The summed E-state index contributed by atoms with van der Waals surface area (Å²) in [6.45, 7) is 0.165. The molecular weight excluding hydrogens is 458 g/mol. The first-order valence-corrected chi connectivity index (χ1v) is 12.3. The molecule has 0 aliphatic heterocycles. The Morgan fingerprint density at radius 2 is 1.76 bits per heavy atom. The van der Waals surface area contributed by atoms with Gasteiger partial charge in [0.25, 0.3) is 5.91 Å². The Morgan fingerprint density at radius 1 is 1.00 bits per heavy atom. The van der Waals surface area contributed by atoms with Crippen molar-refractivity contribution < 1.29 is 13.2 Å². The third-order valence-corrected chi connectivity index (χ3v) is 7.17. The van der Waals surface area contributed by atoms with E-state index in [2.05, 4.69) is 20.2 Å². The number of nitrogens with zero attached hydrogens (tertiary/aromatic N) is 3. The minimum absolute atomic E-state index is 0.0292. The van der Waals surface area contributed by atoms with E-state index < -0.39 is 15.9 Å². The van der Waals surface area contributed by atoms with Gasteiger partial charge in [-0.2, -0.15) is 0 Å². The van der Waals surface area contributed by atoms with Crippen LogP contribution >= 0.6 is 11.8 Å². The van der Waals surface area contributed by atoms with Crippen molar-refractivity contribution in [2.75, 3.05) is 5.32 Å². The van der Waals surface area contributed by atoms with E-state index in [1.807, 2.05) is 54.1 Å². The summed E-state index contributed by atoms with van der Waals surface area (Å²) in [5.41, 5.74) is 1.68. The number of carbonyl (C=O) groups excluding carboxylic acids is 1. The summed E-state index contributed by atoms with van der Waals surface area (Å²) >= 11 is 1.46. The fraction of sp³-hybridized carbons (Fsp3) is 0.0870. The molecule has 2 N–H and O–H groups in total. The number of hydrogen-bond donors (Lipinski definition) is 2. The first kappa shape index (κ1) is 22.7. The molecule has 3 aromatic carbocycles. The maximum atomic E-state index is 12.7. The molecule has 0 bridgehead atoms. The first-order chi connectivity index (χ1) is 15.9. The third kappa shape index (κ3) is 5.86.